The van der Waals surface area contributed by atoms with E-state index in [4.69, 9.17) is 0 Å². The van der Waals surface area contributed by atoms with E-state index in [-0.39, 0.29) is 0 Å². The van der Waals surface area contributed by atoms with E-state index in [0.717, 1.165) is 29.9 Å². The number of hydrogen-bond donors (Lipinski definition) is 0. The van der Waals surface area contributed by atoms with Crippen molar-refractivity contribution in [1.29, 1.82) is 0 Å². The molecule has 1 aliphatic carbocycles. The van der Waals surface area contributed by atoms with E-state index in [1.54, 1.807) is 0 Å². The topological polar surface area (TPSA) is 3.24 Å². The molecule has 1 aliphatic rings. The molecular weight excluding hydrogens is 951 g/mol. The Bertz CT molecular complexity index is 4620. The third kappa shape index (κ3) is 8.10. The van der Waals surface area contributed by atoms with Gasteiger partial charge in [-0.05, 0) is 187 Å². The summed E-state index contributed by atoms with van der Waals surface area (Å²) in [5.74, 6) is 0. The Morgan fingerprint density at radius 2 is 0.722 bits per heavy atom. The molecule has 14 aromatic carbocycles. The first kappa shape index (κ1) is 46.2. The highest BCUT2D eigenvalue weighted by Gasteiger charge is 2.24. The molecule has 0 aromatic heterocycles. The first-order chi connectivity index (χ1) is 39.2. The van der Waals surface area contributed by atoms with Crippen molar-refractivity contribution >= 4 is 77.0 Å². The molecule has 0 saturated heterocycles. The molecule has 0 saturated carbocycles. The van der Waals surface area contributed by atoms with Crippen molar-refractivity contribution in [1.82, 2.24) is 0 Å². The average Bonchev–Trinajstić information content (AvgIpc) is 3.59. The maximum Gasteiger partial charge on any atom is 0.0468 e. The second-order valence-electron chi connectivity index (χ2n) is 21.0. The van der Waals surface area contributed by atoms with Gasteiger partial charge in [0.25, 0.3) is 0 Å². The van der Waals surface area contributed by atoms with Crippen LogP contribution < -0.4 is 4.90 Å². The Balaban J connectivity index is 1.02. The van der Waals surface area contributed by atoms with E-state index >= 15 is 0 Å². The zero-order valence-electron chi connectivity index (χ0n) is 43.7. The lowest BCUT2D eigenvalue weighted by molar-refractivity contribution is 0.986. The maximum atomic E-state index is 2.51. The summed E-state index contributed by atoms with van der Waals surface area (Å²) in [6.45, 7) is 0. The highest BCUT2D eigenvalue weighted by atomic mass is 15.1. The lowest BCUT2D eigenvalue weighted by atomic mass is 9.80. The number of rotatable bonds is 9. The van der Waals surface area contributed by atoms with Crippen LogP contribution in [0.2, 0.25) is 0 Å². The smallest absolute Gasteiger partial charge is 0.0468 e. The van der Waals surface area contributed by atoms with Crippen LogP contribution in [0.15, 0.2) is 291 Å². The third-order valence-electron chi connectivity index (χ3n) is 16.5. The Labute approximate surface area is 461 Å². The van der Waals surface area contributed by atoms with Crippen LogP contribution in [0.5, 0.6) is 0 Å². The van der Waals surface area contributed by atoms with Gasteiger partial charge in [-0.15, -0.1) is 0 Å². The van der Waals surface area contributed by atoms with E-state index in [1.165, 1.54) is 132 Å². The predicted octanol–water partition coefficient (Wildman–Crippen LogP) is 21.9. The molecule has 0 unspecified atom stereocenters. The molecule has 0 radical (unpaired) electrons. The molecule has 370 valence electrons. The van der Waals surface area contributed by atoms with Gasteiger partial charge < -0.3 is 4.90 Å². The summed E-state index contributed by atoms with van der Waals surface area (Å²) in [4.78, 5) is 2.38. The minimum absolute atomic E-state index is 1.07. The highest BCUT2D eigenvalue weighted by Crippen LogP contribution is 2.51. The van der Waals surface area contributed by atoms with Gasteiger partial charge in [0.1, 0.15) is 0 Å². The monoisotopic (exact) mass is 1000 g/mol. The van der Waals surface area contributed by atoms with Gasteiger partial charge in [0.05, 0.1) is 0 Å². The SMILES string of the molecule is C1=Cc2c(cccc2-c2ccc(-c3cc(-c4ccc(-c5cccc6ccccc56)cc4)c4c5ccc(N(c6ccccc6)c6ccccc6)cc5c5ccccc5c4c3-c3ccc(-c4cccc5ccccc45)cc3)cc2)CC1. The summed E-state index contributed by atoms with van der Waals surface area (Å²) >= 11 is 0. The van der Waals surface area contributed by atoms with Gasteiger partial charge >= 0.3 is 0 Å². The second-order valence-corrected chi connectivity index (χ2v) is 21.0. The first-order valence-electron chi connectivity index (χ1n) is 27.6. The Kier molecular flexibility index (Phi) is 11.4. The Hall–Kier alpha value is -10.1. The summed E-state index contributed by atoms with van der Waals surface area (Å²) in [7, 11) is 0. The number of allylic oxidation sites excluding steroid dienone is 1. The van der Waals surface area contributed by atoms with Gasteiger partial charge in [-0.3, -0.25) is 0 Å². The van der Waals surface area contributed by atoms with E-state index in [2.05, 4.69) is 302 Å². The molecule has 1 heteroatoms. The van der Waals surface area contributed by atoms with Crippen LogP contribution >= 0.6 is 0 Å². The molecule has 14 aromatic rings. The minimum atomic E-state index is 1.07. The molecule has 0 spiro atoms. The second kappa shape index (κ2) is 19.5. The molecule has 0 aliphatic heterocycles. The zero-order valence-corrected chi connectivity index (χ0v) is 43.7. The summed E-state index contributed by atoms with van der Waals surface area (Å²) < 4.78 is 0. The van der Waals surface area contributed by atoms with Crippen LogP contribution in [0.1, 0.15) is 17.5 Å². The number of aryl methyl sites for hydroxylation is 1. The molecule has 0 N–H and O–H groups in total. The summed E-state index contributed by atoms with van der Waals surface area (Å²) in [5.41, 5.74) is 20.6. The highest BCUT2D eigenvalue weighted by molar-refractivity contribution is 6.33. The minimum Gasteiger partial charge on any atom is -0.310 e. The summed E-state index contributed by atoms with van der Waals surface area (Å²) in [5, 5.41) is 12.3. The van der Waals surface area contributed by atoms with E-state index in [1.807, 2.05) is 0 Å². The van der Waals surface area contributed by atoms with Crippen molar-refractivity contribution in [3.63, 3.8) is 0 Å². The van der Waals surface area contributed by atoms with Crippen molar-refractivity contribution in [3.8, 4) is 66.8 Å². The van der Waals surface area contributed by atoms with Gasteiger partial charge in [0.15, 0.2) is 0 Å². The fourth-order valence-corrected chi connectivity index (χ4v) is 12.8. The number of nitrogens with zero attached hydrogens (tertiary/aromatic N) is 1. The van der Waals surface area contributed by atoms with Crippen molar-refractivity contribution in [2.45, 2.75) is 12.8 Å². The van der Waals surface area contributed by atoms with Gasteiger partial charge in [0.2, 0.25) is 0 Å². The molecule has 0 fully saturated rings. The average molecular weight is 1000 g/mol. The third-order valence-corrected chi connectivity index (χ3v) is 16.5. The van der Waals surface area contributed by atoms with Gasteiger partial charge in [-0.1, -0.05) is 255 Å². The molecule has 1 nitrogen and oxygen atoms in total. The van der Waals surface area contributed by atoms with Gasteiger partial charge in [0, 0.05) is 17.1 Å². The van der Waals surface area contributed by atoms with Gasteiger partial charge in [-0.25, -0.2) is 0 Å². The quantitative estimate of drug-likeness (QED) is 0.130. The maximum absolute atomic E-state index is 2.51. The van der Waals surface area contributed by atoms with Crippen LogP contribution in [0, 0.1) is 0 Å². The lowest BCUT2D eigenvalue weighted by Crippen LogP contribution is -2.09. The molecule has 79 heavy (non-hydrogen) atoms. The fourth-order valence-electron chi connectivity index (χ4n) is 12.8. The Morgan fingerprint density at radius 1 is 0.266 bits per heavy atom. The number of benzene rings is 14. The number of para-hydroxylation sites is 2. The largest absolute Gasteiger partial charge is 0.310 e. The van der Waals surface area contributed by atoms with Crippen molar-refractivity contribution < 1.29 is 0 Å². The first-order valence-corrected chi connectivity index (χ1v) is 27.6. The molecule has 0 amide bonds. The van der Waals surface area contributed by atoms with E-state index in [9.17, 15) is 0 Å². The van der Waals surface area contributed by atoms with E-state index < -0.39 is 0 Å². The van der Waals surface area contributed by atoms with Crippen LogP contribution in [0.4, 0.5) is 17.1 Å². The van der Waals surface area contributed by atoms with Crippen LogP contribution in [-0.4, -0.2) is 0 Å². The zero-order chi connectivity index (χ0) is 52.2. The van der Waals surface area contributed by atoms with Gasteiger partial charge in [-0.2, -0.15) is 0 Å². The number of fused-ring (bicyclic) bond motifs is 9. The van der Waals surface area contributed by atoms with Crippen LogP contribution in [0.3, 0.4) is 0 Å². The predicted molar refractivity (Wildman–Crippen MR) is 339 cm³/mol. The van der Waals surface area contributed by atoms with E-state index in [0.29, 0.717) is 0 Å². The normalized spacial score (nSPS) is 12.2. The molecular formula is C78H53N. The Morgan fingerprint density at radius 3 is 1.33 bits per heavy atom. The van der Waals surface area contributed by atoms with Crippen molar-refractivity contribution in [3.05, 3.63) is 302 Å². The fraction of sp³-hybridized carbons (Fsp3) is 0.0256. The van der Waals surface area contributed by atoms with Crippen molar-refractivity contribution in [2.24, 2.45) is 0 Å². The lowest BCUT2D eigenvalue weighted by Gasteiger charge is -2.27. The molecule has 15 rings (SSSR count). The van der Waals surface area contributed by atoms with Crippen LogP contribution in [-0.2, 0) is 6.42 Å². The molecule has 0 atom stereocenters. The van der Waals surface area contributed by atoms with Crippen LogP contribution in [0.25, 0.3) is 127 Å². The number of hydrogen-bond acceptors (Lipinski definition) is 1. The standard InChI is InChI=1S/C78H53N/c1-3-24-61(25-4-1)79(62-26-5-2-6-27-62)63-48-49-72-75(50-63)70-31-13-14-32-71(70)78-76(60-46-44-57(45-47-60)69-35-17-23-54-20-9-12-30-66(54)69)73(58-40-36-55(37-41-58)67-33-15-21-52-18-7-10-28-64(52)67)51-74(77(72)78)59-42-38-56(39-43-59)68-34-16-22-53-19-8-11-29-65(53)68/h1-6,8-17,19-51H,7,18H2. The number of anilines is 3. The van der Waals surface area contributed by atoms with Crippen molar-refractivity contribution in [2.75, 3.05) is 4.90 Å². The summed E-state index contributed by atoms with van der Waals surface area (Å²) in [6.07, 6.45) is 6.80. The summed E-state index contributed by atoms with van der Waals surface area (Å²) in [6, 6.07) is 106. The molecule has 0 heterocycles. The molecule has 0 bridgehead atoms.